The number of aliphatic hydroxyl groups is 1. The van der Waals surface area contributed by atoms with Gasteiger partial charge in [-0.15, -0.1) is 0 Å². The molecule has 1 aliphatic rings. The second kappa shape index (κ2) is 2.96. The van der Waals surface area contributed by atoms with Crippen molar-refractivity contribution in [1.82, 2.24) is 4.98 Å². The molecule has 0 unspecified atom stereocenters. The largest absolute Gasteiger partial charge is 0.385 e. The van der Waals surface area contributed by atoms with Crippen molar-refractivity contribution in [2.75, 3.05) is 0 Å². The third-order valence-electron chi connectivity index (χ3n) is 2.66. The van der Waals surface area contributed by atoms with Gasteiger partial charge in [-0.05, 0) is 37.8 Å². The molecule has 1 fully saturated rings. The fraction of sp³-hybridized carbons (Fsp3) is 0.500. The van der Waals surface area contributed by atoms with E-state index in [4.69, 9.17) is 11.6 Å². The van der Waals surface area contributed by atoms with Gasteiger partial charge in [-0.1, -0.05) is 11.6 Å². The number of hydrogen-bond donors (Lipinski definition) is 1. The van der Waals surface area contributed by atoms with E-state index in [1.54, 1.807) is 6.20 Å². The minimum absolute atomic E-state index is 0.438. The molecule has 0 spiro atoms. The molecule has 0 amide bonds. The zero-order valence-corrected chi connectivity index (χ0v) is 8.30. The van der Waals surface area contributed by atoms with E-state index in [0.717, 1.165) is 30.4 Å². The van der Waals surface area contributed by atoms with Crippen molar-refractivity contribution < 1.29 is 5.11 Å². The van der Waals surface area contributed by atoms with Crippen LogP contribution in [-0.4, -0.2) is 10.1 Å². The predicted molar refractivity (Wildman–Crippen MR) is 51.7 cm³/mol. The van der Waals surface area contributed by atoms with Crippen molar-refractivity contribution in [3.8, 4) is 0 Å². The molecule has 13 heavy (non-hydrogen) atoms. The van der Waals surface area contributed by atoms with Gasteiger partial charge in [-0.25, -0.2) is 4.98 Å². The Bertz CT molecular complexity index is 334. The first-order valence-electron chi connectivity index (χ1n) is 4.47. The standard InChI is InChI=1S/C10H12ClNO/c1-7-5-8(9(11)12-6-7)10(13)3-2-4-10/h5-6,13H,2-4H2,1H3. The van der Waals surface area contributed by atoms with E-state index in [1.807, 2.05) is 13.0 Å². The van der Waals surface area contributed by atoms with Crippen LogP contribution in [0.2, 0.25) is 5.15 Å². The van der Waals surface area contributed by atoms with E-state index in [-0.39, 0.29) is 0 Å². The number of hydrogen-bond acceptors (Lipinski definition) is 2. The quantitative estimate of drug-likeness (QED) is 0.702. The van der Waals surface area contributed by atoms with Gasteiger partial charge >= 0.3 is 0 Å². The fourth-order valence-corrected chi connectivity index (χ4v) is 1.94. The van der Waals surface area contributed by atoms with Crippen LogP contribution in [-0.2, 0) is 5.60 Å². The average molecular weight is 198 g/mol. The first kappa shape index (κ1) is 8.97. The molecule has 1 heterocycles. The third-order valence-corrected chi connectivity index (χ3v) is 2.96. The van der Waals surface area contributed by atoms with Crippen LogP contribution in [0.5, 0.6) is 0 Å². The Morgan fingerprint density at radius 1 is 1.54 bits per heavy atom. The monoisotopic (exact) mass is 197 g/mol. The molecule has 2 nitrogen and oxygen atoms in total. The summed E-state index contributed by atoms with van der Waals surface area (Å²) in [6.07, 6.45) is 4.39. The number of aryl methyl sites for hydroxylation is 1. The Morgan fingerprint density at radius 2 is 2.23 bits per heavy atom. The van der Waals surface area contributed by atoms with Crippen molar-refractivity contribution in [3.05, 3.63) is 28.5 Å². The van der Waals surface area contributed by atoms with Crippen LogP contribution < -0.4 is 0 Å². The van der Waals surface area contributed by atoms with E-state index in [1.165, 1.54) is 0 Å². The molecule has 0 bridgehead atoms. The lowest BCUT2D eigenvalue weighted by atomic mass is 9.75. The third kappa shape index (κ3) is 1.45. The first-order valence-corrected chi connectivity index (χ1v) is 4.85. The smallest absolute Gasteiger partial charge is 0.135 e. The molecule has 1 saturated carbocycles. The summed E-state index contributed by atoms with van der Waals surface area (Å²) < 4.78 is 0. The van der Waals surface area contributed by atoms with Crippen LogP contribution in [0.3, 0.4) is 0 Å². The van der Waals surface area contributed by atoms with E-state index >= 15 is 0 Å². The topological polar surface area (TPSA) is 33.1 Å². The van der Waals surface area contributed by atoms with Crippen LogP contribution >= 0.6 is 11.6 Å². The average Bonchev–Trinajstić information content (AvgIpc) is 2.05. The molecule has 0 aliphatic heterocycles. The van der Waals surface area contributed by atoms with Gasteiger partial charge in [0.15, 0.2) is 0 Å². The summed E-state index contributed by atoms with van der Waals surface area (Å²) in [4.78, 5) is 4.03. The molecular formula is C10H12ClNO. The number of nitrogens with zero attached hydrogens (tertiary/aromatic N) is 1. The number of aromatic nitrogens is 1. The Balaban J connectivity index is 2.43. The molecular weight excluding hydrogens is 186 g/mol. The Kier molecular flexibility index (Phi) is 2.05. The number of pyridine rings is 1. The van der Waals surface area contributed by atoms with Crippen LogP contribution in [0, 0.1) is 6.92 Å². The Labute approximate surface area is 82.6 Å². The van der Waals surface area contributed by atoms with Crippen LogP contribution in [0.25, 0.3) is 0 Å². The maximum absolute atomic E-state index is 10.1. The molecule has 0 saturated heterocycles. The molecule has 0 aromatic carbocycles. The molecule has 0 atom stereocenters. The normalized spacial score (nSPS) is 19.6. The van der Waals surface area contributed by atoms with E-state index < -0.39 is 5.60 Å². The maximum atomic E-state index is 10.1. The summed E-state index contributed by atoms with van der Waals surface area (Å²) in [5.41, 5.74) is 1.14. The summed E-state index contributed by atoms with van der Waals surface area (Å²) in [7, 11) is 0. The minimum atomic E-state index is -0.698. The lowest BCUT2D eigenvalue weighted by molar-refractivity contribution is -0.0390. The Morgan fingerprint density at radius 3 is 2.77 bits per heavy atom. The summed E-state index contributed by atoms with van der Waals surface area (Å²) in [6.45, 7) is 1.95. The van der Waals surface area contributed by atoms with Crippen molar-refractivity contribution in [3.63, 3.8) is 0 Å². The van der Waals surface area contributed by atoms with Crippen molar-refractivity contribution in [1.29, 1.82) is 0 Å². The maximum Gasteiger partial charge on any atom is 0.135 e. The molecule has 1 N–H and O–H groups in total. The lowest BCUT2D eigenvalue weighted by Gasteiger charge is -2.37. The summed E-state index contributed by atoms with van der Waals surface area (Å²) in [5, 5.41) is 10.5. The minimum Gasteiger partial charge on any atom is -0.385 e. The predicted octanol–water partition coefficient (Wildman–Crippen LogP) is 2.41. The molecule has 1 aliphatic carbocycles. The highest BCUT2D eigenvalue weighted by Gasteiger charge is 2.38. The highest BCUT2D eigenvalue weighted by Crippen LogP contribution is 2.43. The van der Waals surface area contributed by atoms with E-state index in [0.29, 0.717) is 5.15 Å². The first-order chi connectivity index (χ1) is 6.12. The summed E-state index contributed by atoms with van der Waals surface area (Å²) >= 11 is 5.92. The molecule has 1 aromatic heterocycles. The van der Waals surface area contributed by atoms with Crippen LogP contribution in [0.1, 0.15) is 30.4 Å². The zero-order chi connectivity index (χ0) is 9.47. The van der Waals surface area contributed by atoms with E-state index in [2.05, 4.69) is 4.98 Å². The molecule has 1 aromatic rings. The van der Waals surface area contributed by atoms with Gasteiger partial charge in [-0.2, -0.15) is 0 Å². The fourth-order valence-electron chi connectivity index (χ4n) is 1.66. The molecule has 0 radical (unpaired) electrons. The van der Waals surface area contributed by atoms with Crippen molar-refractivity contribution in [2.24, 2.45) is 0 Å². The summed E-state index contributed by atoms with van der Waals surface area (Å²) in [6, 6.07) is 1.93. The number of halogens is 1. The Hall–Kier alpha value is -0.600. The van der Waals surface area contributed by atoms with Gasteiger partial charge in [-0.3, -0.25) is 0 Å². The van der Waals surface area contributed by atoms with Crippen LogP contribution in [0.15, 0.2) is 12.3 Å². The lowest BCUT2D eigenvalue weighted by Crippen LogP contribution is -2.34. The van der Waals surface area contributed by atoms with Gasteiger partial charge in [0.25, 0.3) is 0 Å². The second-order valence-corrected chi connectivity index (χ2v) is 4.09. The second-order valence-electron chi connectivity index (χ2n) is 3.74. The SMILES string of the molecule is Cc1cnc(Cl)c(C2(O)CCC2)c1. The van der Waals surface area contributed by atoms with Crippen LogP contribution in [0.4, 0.5) is 0 Å². The van der Waals surface area contributed by atoms with Crippen molar-refractivity contribution in [2.45, 2.75) is 31.8 Å². The van der Waals surface area contributed by atoms with Crippen molar-refractivity contribution >= 4 is 11.6 Å². The van der Waals surface area contributed by atoms with Gasteiger partial charge < -0.3 is 5.11 Å². The highest BCUT2D eigenvalue weighted by molar-refractivity contribution is 6.30. The highest BCUT2D eigenvalue weighted by atomic mass is 35.5. The summed E-state index contributed by atoms with van der Waals surface area (Å²) in [5.74, 6) is 0. The van der Waals surface area contributed by atoms with Gasteiger partial charge in [0.1, 0.15) is 5.15 Å². The molecule has 2 rings (SSSR count). The van der Waals surface area contributed by atoms with Gasteiger partial charge in [0, 0.05) is 11.8 Å². The number of rotatable bonds is 1. The molecule has 3 heteroatoms. The molecule has 70 valence electrons. The zero-order valence-electron chi connectivity index (χ0n) is 7.55. The van der Waals surface area contributed by atoms with Gasteiger partial charge in [0.05, 0.1) is 5.60 Å². The van der Waals surface area contributed by atoms with E-state index in [9.17, 15) is 5.11 Å². The van der Waals surface area contributed by atoms with Gasteiger partial charge in [0.2, 0.25) is 0 Å².